The quantitative estimate of drug-likeness (QED) is 0.285. The van der Waals surface area contributed by atoms with E-state index >= 15 is 0 Å². The molecule has 0 spiro atoms. The van der Waals surface area contributed by atoms with Crippen molar-refractivity contribution >= 4 is 17.5 Å². The predicted molar refractivity (Wildman–Crippen MR) is 118 cm³/mol. The van der Waals surface area contributed by atoms with Crippen LogP contribution in [0.4, 0.5) is 43.8 Å². The van der Waals surface area contributed by atoms with Crippen LogP contribution in [0.15, 0.2) is 72.9 Å². The number of alkyl halides is 6. The average molecular weight is 507 g/mol. The van der Waals surface area contributed by atoms with Crippen molar-refractivity contribution in [3.63, 3.8) is 0 Å². The summed E-state index contributed by atoms with van der Waals surface area (Å²) in [5.41, 5.74) is 6.07. The fourth-order valence-electron chi connectivity index (χ4n) is 3.03. The molecule has 0 saturated heterocycles. The van der Waals surface area contributed by atoms with E-state index in [1.54, 1.807) is 12.1 Å². The zero-order valence-electron chi connectivity index (χ0n) is 17.9. The highest BCUT2D eigenvalue weighted by Crippen LogP contribution is 2.32. The molecule has 0 aliphatic carbocycles. The molecule has 186 valence electrons. The van der Waals surface area contributed by atoms with E-state index < -0.39 is 18.2 Å². The minimum Gasteiger partial charge on any atom is -0.457 e. The van der Waals surface area contributed by atoms with Crippen LogP contribution in [0.2, 0.25) is 0 Å². The molecule has 2 aromatic carbocycles. The van der Waals surface area contributed by atoms with Gasteiger partial charge in [0.25, 0.3) is 0 Å². The lowest BCUT2D eigenvalue weighted by Crippen LogP contribution is -2.16. The van der Waals surface area contributed by atoms with Crippen LogP contribution in [0.3, 0.4) is 0 Å². The largest absolute Gasteiger partial charge is 0.573 e. The highest BCUT2D eigenvalue weighted by atomic mass is 19.4. The molecule has 0 aliphatic heterocycles. The topological polar surface area (TPSA) is 95.2 Å². The number of nitrogens with one attached hydrogen (secondary N) is 1. The zero-order valence-corrected chi connectivity index (χ0v) is 17.9. The van der Waals surface area contributed by atoms with Gasteiger partial charge >= 0.3 is 12.5 Å². The lowest BCUT2D eigenvalue weighted by molar-refractivity contribution is -0.274. The van der Waals surface area contributed by atoms with Crippen LogP contribution in [0, 0.1) is 0 Å². The van der Waals surface area contributed by atoms with E-state index in [9.17, 15) is 26.3 Å². The van der Waals surface area contributed by atoms with Crippen LogP contribution in [-0.2, 0) is 6.18 Å². The number of nitrogen functional groups attached to an aromatic ring is 1. The Kier molecular flexibility index (Phi) is 6.55. The van der Waals surface area contributed by atoms with Crippen molar-refractivity contribution in [2.75, 3.05) is 11.1 Å². The van der Waals surface area contributed by atoms with Crippen LogP contribution in [-0.4, -0.2) is 21.3 Å². The van der Waals surface area contributed by atoms with Gasteiger partial charge in [-0.05, 0) is 54.6 Å². The van der Waals surface area contributed by atoms with Gasteiger partial charge in [-0.15, -0.1) is 13.2 Å². The molecule has 0 aliphatic rings. The Labute approximate surface area is 199 Å². The number of nitrogens with two attached hydrogens (primary N) is 1. The summed E-state index contributed by atoms with van der Waals surface area (Å²) in [7, 11) is 0. The molecule has 0 radical (unpaired) electrons. The number of aromatic nitrogens is 3. The van der Waals surface area contributed by atoms with Gasteiger partial charge in [-0.1, -0.05) is 0 Å². The van der Waals surface area contributed by atoms with Crippen molar-refractivity contribution in [2.45, 2.75) is 12.5 Å². The van der Waals surface area contributed by atoms with Gasteiger partial charge < -0.3 is 20.5 Å². The predicted octanol–water partition coefficient (Wildman–Crippen LogP) is 6.57. The third-order valence-electron chi connectivity index (χ3n) is 4.51. The van der Waals surface area contributed by atoms with Crippen LogP contribution in [0.1, 0.15) is 5.69 Å². The second kappa shape index (κ2) is 9.60. The van der Waals surface area contributed by atoms with Crippen molar-refractivity contribution in [2.24, 2.45) is 0 Å². The third kappa shape index (κ3) is 6.52. The fraction of sp³-hybridized carbons (Fsp3) is 0.0870. The Balaban J connectivity index is 1.46. The Morgan fingerprint density at radius 1 is 0.750 bits per heavy atom. The van der Waals surface area contributed by atoms with E-state index in [1.165, 1.54) is 36.4 Å². The third-order valence-corrected chi connectivity index (χ3v) is 4.51. The average Bonchev–Trinajstić information content (AvgIpc) is 2.79. The van der Waals surface area contributed by atoms with Crippen molar-refractivity contribution in [3.05, 3.63) is 78.6 Å². The molecule has 13 heteroatoms. The first-order valence-corrected chi connectivity index (χ1v) is 10.0. The van der Waals surface area contributed by atoms with Crippen LogP contribution >= 0.6 is 0 Å². The Hall–Kier alpha value is -4.55. The van der Waals surface area contributed by atoms with Crippen molar-refractivity contribution in [1.82, 2.24) is 15.0 Å². The van der Waals surface area contributed by atoms with Gasteiger partial charge in [-0.2, -0.15) is 18.2 Å². The molecule has 0 saturated carbocycles. The minimum atomic E-state index is -4.80. The maximum atomic E-state index is 12.8. The van der Waals surface area contributed by atoms with Gasteiger partial charge in [-0.3, -0.25) is 4.98 Å². The molecule has 0 fully saturated rings. The van der Waals surface area contributed by atoms with E-state index in [1.807, 2.05) is 0 Å². The number of nitrogens with zero attached hydrogens (tertiary/aromatic N) is 3. The molecule has 4 aromatic rings. The lowest BCUT2D eigenvalue weighted by Gasteiger charge is -2.11. The highest BCUT2D eigenvalue weighted by molar-refractivity contribution is 5.67. The first-order valence-electron chi connectivity index (χ1n) is 10.0. The first-order chi connectivity index (χ1) is 16.9. The summed E-state index contributed by atoms with van der Waals surface area (Å²) >= 11 is 0. The molecule has 0 amide bonds. The molecular formula is C23H15F6N5O2. The van der Waals surface area contributed by atoms with Gasteiger partial charge in [0.05, 0.1) is 5.69 Å². The molecule has 2 heterocycles. The SMILES string of the molecule is Nc1nc(Nc2ccc(Oc3ccnc(C(F)(F)F)c3)cc2)cc(-c2ccc(OC(F)(F)F)cc2)n1. The molecule has 2 aromatic heterocycles. The van der Waals surface area contributed by atoms with E-state index in [2.05, 4.69) is 25.0 Å². The number of rotatable bonds is 6. The van der Waals surface area contributed by atoms with Gasteiger partial charge in [0, 0.05) is 29.6 Å². The second-order valence-corrected chi connectivity index (χ2v) is 7.19. The molecule has 7 nitrogen and oxygen atoms in total. The molecule has 0 bridgehead atoms. The maximum absolute atomic E-state index is 12.8. The fourth-order valence-corrected chi connectivity index (χ4v) is 3.03. The summed E-state index contributed by atoms with van der Waals surface area (Å²) in [4.78, 5) is 11.5. The van der Waals surface area contributed by atoms with Crippen LogP contribution in [0.5, 0.6) is 17.2 Å². The Bertz CT molecular complexity index is 1340. The Morgan fingerprint density at radius 2 is 1.42 bits per heavy atom. The smallest absolute Gasteiger partial charge is 0.457 e. The van der Waals surface area contributed by atoms with Gasteiger partial charge in [0.1, 0.15) is 28.8 Å². The molecule has 36 heavy (non-hydrogen) atoms. The van der Waals surface area contributed by atoms with E-state index in [-0.39, 0.29) is 23.2 Å². The van der Waals surface area contributed by atoms with Crippen LogP contribution < -0.4 is 20.5 Å². The number of benzene rings is 2. The number of pyridine rings is 1. The zero-order chi connectivity index (χ0) is 25.9. The summed E-state index contributed by atoms with van der Waals surface area (Å²) in [6.07, 6.45) is -8.39. The number of hydrogen-bond donors (Lipinski definition) is 2. The standard InChI is InChI=1S/C23H15F6N5O2/c24-22(25,26)19-11-17(9-10-31-19)35-15-7-3-14(4-8-15)32-20-12-18(33-21(30)34-20)13-1-5-16(6-2-13)36-23(27,28)29/h1-12H,(H3,30,32,33,34). The first kappa shape index (κ1) is 24.6. The highest BCUT2D eigenvalue weighted by Gasteiger charge is 2.33. The monoisotopic (exact) mass is 507 g/mol. The number of anilines is 3. The Morgan fingerprint density at radius 3 is 2.06 bits per heavy atom. The molecule has 0 unspecified atom stereocenters. The number of halogens is 6. The second-order valence-electron chi connectivity index (χ2n) is 7.19. The molecule has 3 N–H and O–H groups in total. The molecule has 0 atom stereocenters. The molecule has 4 rings (SSSR count). The van der Waals surface area contributed by atoms with E-state index in [4.69, 9.17) is 10.5 Å². The van der Waals surface area contributed by atoms with Gasteiger partial charge in [0.15, 0.2) is 0 Å². The van der Waals surface area contributed by atoms with Crippen molar-refractivity contribution in [3.8, 4) is 28.5 Å². The normalized spacial score (nSPS) is 11.7. The van der Waals surface area contributed by atoms with Crippen LogP contribution in [0.25, 0.3) is 11.3 Å². The van der Waals surface area contributed by atoms with Crippen molar-refractivity contribution in [1.29, 1.82) is 0 Å². The number of hydrogen-bond acceptors (Lipinski definition) is 7. The summed E-state index contributed by atoms with van der Waals surface area (Å²) in [5, 5.41) is 3.00. The van der Waals surface area contributed by atoms with Crippen molar-refractivity contribution < 1.29 is 35.8 Å². The van der Waals surface area contributed by atoms with Gasteiger partial charge in [0.2, 0.25) is 5.95 Å². The van der Waals surface area contributed by atoms with E-state index in [0.29, 0.717) is 22.8 Å². The maximum Gasteiger partial charge on any atom is 0.573 e. The van der Waals surface area contributed by atoms with E-state index in [0.717, 1.165) is 24.4 Å². The number of ether oxygens (including phenoxy) is 2. The van der Waals surface area contributed by atoms with Gasteiger partial charge in [-0.25, -0.2) is 4.98 Å². The minimum absolute atomic E-state index is 0.0297. The summed E-state index contributed by atoms with van der Waals surface area (Å²) < 4.78 is 84.8. The summed E-state index contributed by atoms with van der Waals surface area (Å²) in [5.74, 6) is 0.0895. The lowest BCUT2D eigenvalue weighted by atomic mass is 10.1. The molecular weight excluding hydrogens is 492 g/mol. The summed E-state index contributed by atoms with van der Waals surface area (Å²) in [6, 6.07) is 15.0. The summed E-state index contributed by atoms with van der Waals surface area (Å²) in [6.45, 7) is 0.